The average molecular weight is 141 g/mol. The summed E-state index contributed by atoms with van der Waals surface area (Å²) in [5.74, 6) is -1.05. The number of epoxide rings is 2. The van der Waals surface area contributed by atoms with Gasteiger partial charge in [-0.3, -0.25) is 5.73 Å². The van der Waals surface area contributed by atoms with Crippen molar-refractivity contribution in [1.29, 1.82) is 0 Å². The van der Waals surface area contributed by atoms with Crippen LogP contribution in [0.4, 0.5) is 0 Å². The summed E-state index contributed by atoms with van der Waals surface area (Å²) in [5.41, 5.74) is 5.00. The van der Waals surface area contributed by atoms with Crippen molar-refractivity contribution in [3.8, 4) is 0 Å². The minimum Gasteiger partial charge on any atom is -0.360 e. The van der Waals surface area contributed by atoms with Gasteiger partial charge in [-0.1, -0.05) is 0 Å². The highest BCUT2D eigenvalue weighted by atomic mass is 16.8. The third-order valence-electron chi connectivity index (χ3n) is 2.24. The maximum Gasteiger partial charge on any atom is 0.216 e. The summed E-state index contributed by atoms with van der Waals surface area (Å²) >= 11 is 0. The van der Waals surface area contributed by atoms with Crippen LogP contribution in [0.1, 0.15) is 0 Å². The minimum absolute atomic E-state index is 0.123. The van der Waals surface area contributed by atoms with Crippen molar-refractivity contribution in [3.05, 3.63) is 12.2 Å². The number of aliphatic hydroxyl groups is 1. The third-order valence-corrected chi connectivity index (χ3v) is 2.24. The Bertz CT molecular complexity index is 217. The Balaban J connectivity index is 2.04. The molecular weight excluding hydrogens is 134 g/mol. The smallest absolute Gasteiger partial charge is 0.216 e. The molecule has 2 aliphatic heterocycles. The molecule has 4 atom stereocenters. The third kappa shape index (κ3) is 0.402. The average Bonchev–Trinajstić information content (AvgIpc) is 2.65. The fourth-order valence-corrected chi connectivity index (χ4v) is 1.45. The Morgan fingerprint density at radius 3 is 2.80 bits per heavy atom. The second kappa shape index (κ2) is 1.06. The van der Waals surface area contributed by atoms with Crippen LogP contribution in [0, 0.1) is 0 Å². The molecule has 2 fully saturated rings. The van der Waals surface area contributed by atoms with Crippen LogP contribution in [0.25, 0.3) is 0 Å². The Kier molecular flexibility index (Phi) is 0.557. The van der Waals surface area contributed by atoms with E-state index in [0.29, 0.717) is 0 Å². The molecule has 4 heteroatoms. The first-order valence-corrected chi connectivity index (χ1v) is 3.21. The van der Waals surface area contributed by atoms with E-state index in [-0.39, 0.29) is 12.2 Å². The lowest BCUT2D eigenvalue weighted by Gasteiger charge is -2.04. The lowest BCUT2D eigenvalue weighted by molar-refractivity contribution is 0.0817. The van der Waals surface area contributed by atoms with Gasteiger partial charge in [0.1, 0.15) is 12.2 Å². The normalized spacial score (nSPS) is 68.6. The van der Waals surface area contributed by atoms with Gasteiger partial charge in [-0.25, -0.2) is 0 Å². The number of hydrogen-bond acceptors (Lipinski definition) is 4. The van der Waals surface area contributed by atoms with E-state index in [1.807, 2.05) is 0 Å². The highest BCUT2D eigenvalue weighted by molar-refractivity contribution is 5.31. The maximum atomic E-state index is 9.32. The van der Waals surface area contributed by atoms with E-state index >= 15 is 0 Å². The molecule has 0 amide bonds. The SMILES string of the molecule is NC12C=CC3(O)OC3C1O2. The van der Waals surface area contributed by atoms with Crippen LogP contribution in [-0.4, -0.2) is 28.8 Å². The summed E-state index contributed by atoms with van der Waals surface area (Å²) in [5, 5.41) is 9.32. The molecule has 3 rings (SSSR count). The summed E-state index contributed by atoms with van der Waals surface area (Å²) in [7, 11) is 0. The van der Waals surface area contributed by atoms with Gasteiger partial charge < -0.3 is 14.6 Å². The van der Waals surface area contributed by atoms with Crippen molar-refractivity contribution in [2.45, 2.75) is 23.7 Å². The van der Waals surface area contributed by atoms with Gasteiger partial charge in [-0.05, 0) is 12.2 Å². The molecule has 0 aromatic heterocycles. The Morgan fingerprint density at radius 1 is 1.30 bits per heavy atom. The lowest BCUT2D eigenvalue weighted by Crippen LogP contribution is -2.33. The molecule has 54 valence electrons. The first-order chi connectivity index (χ1) is 4.64. The van der Waals surface area contributed by atoms with E-state index in [0.717, 1.165) is 0 Å². The molecule has 2 saturated heterocycles. The van der Waals surface area contributed by atoms with Crippen LogP contribution in [0.5, 0.6) is 0 Å². The summed E-state index contributed by atoms with van der Waals surface area (Å²) in [4.78, 5) is 0. The van der Waals surface area contributed by atoms with Gasteiger partial charge >= 0.3 is 0 Å². The van der Waals surface area contributed by atoms with Crippen molar-refractivity contribution in [1.82, 2.24) is 0 Å². The van der Waals surface area contributed by atoms with E-state index in [9.17, 15) is 5.11 Å². The van der Waals surface area contributed by atoms with E-state index in [1.54, 1.807) is 12.2 Å². The first kappa shape index (κ1) is 5.26. The van der Waals surface area contributed by atoms with Gasteiger partial charge in [0.05, 0.1) is 0 Å². The van der Waals surface area contributed by atoms with Crippen LogP contribution in [-0.2, 0) is 9.47 Å². The predicted molar refractivity (Wildman–Crippen MR) is 30.8 cm³/mol. The van der Waals surface area contributed by atoms with Crippen LogP contribution >= 0.6 is 0 Å². The van der Waals surface area contributed by atoms with Gasteiger partial charge in [0, 0.05) is 0 Å². The van der Waals surface area contributed by atoms with Crippen molar-refractivity contribution >= 4 is 0 Å². The van der Waals surface area contributed by atoms with E-state index in [4.69, 9.17) is 15.2 Å². The van der Waals surface area contributed by atoms with Gasteiger partial charge in [-0.2, -0.15) is 0 Å². The zero-order chi connectivity index (χ0) is 6.98. The van der Waals surface area contributed by atoms with Gasteiger partial charge in [-0.15, -0.1) is 0 Å². The highest BCUT2D eigenvalue weighted by Crippen LogP contribution is 2.53. The molecule has 0 saturated carbocycles. The molecule has 4 unspecified atom stereocenters. The van der Waals surface area contributed by atoms with Crippen LogP contribution in [0.15, 0.2) is 12.2 Å². The monoisotopic (exact) mass is 141 g/mol. The molecule has 0 aromatic carbocycles. The molecule has 2 heterocycles. The van der Waals surface area contributed by atoms with Crippen LogP contribution in [0.3, 0.4) is 0 Å². The molecule has 0 aromatic rings. The quantitative estimate of drug-likeness (QED) is 0.325. The summed E-state index contributed by atoms with van der Waals surface area (Å²) in [6, 6.07) is 0. The lowest BCUT2D eigenvalue weighted by atomic mass is 10.0. The standard InChI is InChI=1S/C6H7NO3/c7-5-1-2-6(8)4(10-6)3(5)9-5/h1-4,8H,7H2. The van der Waals surface area contributed by atoms with Crippen molar-refractivity contribution in [3.63, 3.8) is 0 Å². The largest absolute Gasteiger partial charge is 0.360 e. The number of ether oxygens (including phenoxy) is 2. The Hall–Kier alpha value is -0.420. The number of nitrogens with two attached hydrogens (primary N) is 1. The zero-order valence-corrected chi connectivity index (χ0v) is 5.15. The molecule has 0 bridgehead atoms. The Morgan fingerprint density at radius 2 is 2.10 bits per heavy atom. The van der Waals surface area contributed by atoms with E-state index in [1.165, 1.54) is 0 Å². The van der Waals surface area contributed by atoms with Crippen LogP contribution < -0.4 is 5.73 Å². The van der Waals surface area contributed by atoms with Gasteiger partial charge in [0.25, 0.3) is 0 Å². The minimum atomic E-state index is -1.05. The summed E-state index contributed by atoms with van der Waals surface area (Å²) < 4.78 is 10.0. The topological polar surface area (TPSA) is 71.3 Å². The molecule has 1 aliphatic carbocycles. The zero-order valence-electron chi connectivity index (χ0n) is 5.15. The summed E-state index contributed by atoms with van der Waals surface area (Å²) in [6.07, 6.45) is 2.87. The number of rotatable bonds is 0. The first-order valence-electron chi connectivity index (χ1n) is 3.21. The molecule has 0 radical (unpaired) electrons. The van der Waals surface area contributed by atoms with Gasteiger partial charge in [0.15, 0.2) is 5.72 Å². The molecule has 10 heavy (non-hydrogen) atoms. The molecule has 3 N–H and O–H groups in total. The van der Waals surface area contributed by atoms with Crippen molar-refractivity contribution < 1.29 is 14.6 Å². The predicted octanol–water partition coefficient (Wildman–Crippen LogP) is -1.30. The molecule has 4 nitrogen and oxygen atoms in total. The number of hydrogen-bond donors (Lipinski definition) is 2. The van der Waals surface area contributed by atoms with Crippen molar-refractivity contribution in [2.75, 3.05) is 0 Å². The maximum absolute atomic E-state index is 9.32. The molecule has 0 spiro atoms. The molecule has 3 aliphatic rings. The van der Waals surface area contributed by atoms with Crippen LogP contribution in [0.2, 0.25) is 0 Å². The van der Waals surface area contributed by atoms with E-state index < -0.39 is 11.5 Å². The second-order valence-electron chi connectivity index (χ2n) is 3.02. The Labute approximate surface area is 57.2 Å². The number of fused-ring (bicyclic) bond motifs is 3. The van der Waals surface area contributed by atoms with Crippen molar-refractivity contribution in [2.24, 2.45) is 5.73 Å². The molecular formula is C6H7NO3. The van der Waals surface area contributed by atoms with E-state index in [2.05, 4.69) is 0 Å². The highest BCUT2D eigenvalue weighted by Gasteiger charge is 2.73. The second-order valence-corrected chi connectivity index (χ2v) is 3.02. The van der Waals surface area contributed by atoms with Gasteiger partial charge in [0.2, 0.25) is 5.79 Å². The summed E-state index contributed by atoms with van der Waals surface area (Å²) in [6.45, 7) is 0. The fraction of sp³-hybridized carbons (Fsp3) is 0.667. The fourth-order valence-electron chi connectivity index (χ4n) is 1.45.